The molecule has 0 amide bonds. The van der Waals surface area contributed by atoms with Gasteiger partial charge in [-0.05, 0) is 51.9 Å². The van der Waals surface area contributed by atoms with Crippen molar-refractivity contribution in [3.63, 3.8) is 0 Å². The third kappa shape index (κ3) is 4.19. The van der Waals surface area contributed by atoms with Gasteiger partial charge in [-0.2, -0.15) is 5.26 Å². The molecule has 0 aromatic carbocycles. The van der Waals surface area contributed by atoms with E-state index in [9.17, 15) is 5.26 Å². The molecule has 3 heteroatoms. The first-order valence-electron chi connectivity index (χ1n) is 7.94. The van der Waals surface area contributed by atoms with E-state index in [4.69, 9.17) is 4.74 Å². The Kier molecular flexibility index (Phi) is 5.24. The van der Waals surface area contributed by atoms with Gasteiger partial charge >= 0.3 is 0 Å². The average Bonchev–Trinajstić information content (AvgIpc) is 2.89. The second kappa shape index (κ2) is 6.72. The first-order valence-corrected chi connectivity index (χ1v) is 7.94. The van der Waals surface area contributed by atoms with Crippen LogP contribution in [0, 0.1) is 17.2 Å². The molecule has 0 radical (unpaired) electrons. The lowest BCUT2D eigenvalue weighted by Gasteiger charge is -2.38. The van der Waals surface area contributed by atoms with Crippen LogP contribution in [0.15, 0.2) is 0 Å². The van der Waals surface area contributed by atoms with E-state index in [0.29, 0.717) is 6.04 Å². The largest absolute Gasteiger partial charge is 0.378 e. The molecule has 0 aromatic heterocycles. The monoisotopic (exact) mass is 264 g/mol. The molecule has 2 rings (SSSR count). The highest BCUT2D eigenvalue weighted by atomic mass is 16.5. The van der Waals surface area contributed by atoms with Gasteiger partial charge in [0, 0.05) is 19.1 Å². The van der Waals surface area contributed by atoms with Crippen molar-refractivity contribution >= 4 is 0 Å². The van der Waals surface area contributed by atoms with Crippen LogP contribution in [-0.2, 0) is 4.74 Å². The third-order valence-corrected chi connectivity index (χ3v) is 4.53. The summed E-state index contributed by atoms with van der Waals surface area (Å²) in [6, 6.07) is 2.87. The molecule has 108 valence electrons. The lowest BCUT2D eigenvalue weighted by atomic mass is 9.80. The Morgan fingerprint density at radius 3 is 2.63 bits per heavy atom. The van der Waals surface area contributed by atoms with E-state index in [1.54, 1.807) is 0 Å². The molecule has 19 heavy (non-hydrogen) atoms. The van der Waals surface area contributed by atoms with Crippen LogP contribution in [0.1, 0.15) is 65.2 Å². The molecule has 2 saturated carbocycles. The van der Waals surface area contributed by atoms with Gasteiger partial charge < -0.3 is 4.74 Å². The van der Waals surface area contributed by atoms with Gasteiger partial charge in [-0.25, -0.2) is 0 Å². The third-order valence-electron chi connectivity index (χ3n) is 4.53. The second-order valence-corrected chi connectivity index (χ2v) is 6.70. The topological polar surface area (TPSA) is 45.0 Å². The Labute approximate surface area is 117 Å². The van der Waals surface area contributed by atoms with Crippen LogP contribution in [0.2, 0.25) is 0 Å². The summed E-state index contributed by atoms with van der Waals surface area (Å²) in [5.74, 6) is 0.775. The van der Waals surface area contributed by atoms with Crippen molar-refractivity contribution in [3.05, 3.63) is 0 Å². The molecular weight excluding hydrogens is 236 g/mol. The fraction of sp³-hybridized carbons (Fsp3) is 0.938. The van der Waals surface area contributed by atoms with Crippen molar-refractivity contribution in [3.8, 4) is 6.07 Å². The average molecular weight is 264 g/mol. The SMILES string of the molecule is CC(C)NC1(C#N)CCCC(OCC2CCCC2)C1. The van der Waals surface area contributed by atoms with Crippen molar-refractivity contribution in [1.82, 2.24) is 5.32 Å². The highest BCUT2D eigenvalue weighted by molar-refractivity contribution is 5.10. The summed E-state index contributed by atoms with van der Waals surface area (Å²) in [5, 5.41) is 13.0. The van der Waals surface area contributed by atoms with E-state index in [1.807, 2.05) is 0 Å². The maximum absolute atomic E-state index is 9.52. The van der Waals surface area contributed by atoms with Crippen molar-refractivity contribution < 1.29 is 4.74 Å². The van der Waals surface area contributed by atoms with Crippen LogP contribution in [0.25, 0.3) is 0 Å². The molecule has 1 N–H and O–H groups in total. The molecule has 0 spiro atoms. The number of ether oxygens (including phenoxy) is 1. The molecule has 0 heterocycles. The van der Waals surface area contributed by atoms with E-state index in [2.05, 4.69) is 25.2 Å². The van der Waals surface area contributed by atoms with Gasteiger partial charge in [0.2, 0.25) is 0 Å². The minimum absolute atomic E-state index is 0.278. The Morgan fingerprint density at radius 1 is 1.26 bits per heavy atom. The van der Waals surface area contributed by atoms with Crippen LogP contribution >= 0.6 is 0 Å². The van der Waals surface area contributed by atoms with E-state index in [1.165, 1.54) is 25.7 Å². The Morgan fingerprint density at radius 2 is 2.00 bits per heavy atom. The minimum atomic E-state index is -0.354. The quantitative estimate of drug-likeness (QED) is 0.827. The van der Waals surface area contributed by atoms with Gasteiger partial charge in [-0.1, -0.05) is 12.8 Å². The molecule has 2 aliphatic rings. The lowest BCUT2D eigenvalue weighted by Crippen LogP contribution is -2.52. The molecule has 0 aliphatic heterocycles. The Hall–Kier alpha value is -0.590. The highest BCUT2D eigenvalue weighted by Gasteiger charge is 2.37. The number of rotatable bonds is 5. The summed E-state index contributed by atoms with van der Waals surface area (Å²) in [4.78, 5) is 0. The number of nitrogens with zero attached hydrogens (tertiary/aromatic N) is 1. The van der Waals surface area contributed by atoms with Gasteiger partial charge in [-0.3, -0.25) is 5.32 Å². The van der Waals surface area contributed by atoms with Gasteiger partial charge in [0.1, 0.15) is 5.54 Å². The van der Waals surface area contributed by atoms with Crippen LogP contribution in [-0.4, -0.2) is 24.3 Å². The summed E-state index contributed by atoms with van der Waals surface area (Å²) >= 11 is 0. The lowest BCUT2D eigenvalue weighted by molar-refractivity contribution is -0.00852. The van der Waals surface area contributed by atoms with Crippen LogP contribution in [0.5, 0.6) is 0 Å². The molecule has 0 saturated heterocycles. The maximum atomic E-state index is 9.52. The fourth-order valence-electron chi connectivity index (χ4n) is 3.63. The summed E-state index contributed by atoms with van der Waals surface area (Å²) < 4.78 is 6.11. The summed E-state index contributed by atoms with van der Waals surface area (Å²) in [6.45, 7) is 5.14. The molecule has 2 aliphatic carbocycles. The highest BCUT2D eigenvalue weighted by Crippen LogP contribution is 2.32. The number of hydrogen-bond donors (Lipinski definition) is 1. The van der Waals surface area contributed by atoms with Crippen molar-refractivity contribution in [2.24, 2.45) is 5.92 Å². The number of nitrogens with one attached hydrogen (secondary N) is 1. The zero-order chi connectivity index (χ0) is 13.7. The van der Waals surface area contributed by atoms with Crippen molar-refractivity contribution in [1.29, 1.82) is 5.26 Å². The van der Waals surface area contributed by atoms with Crippen LogP contribution in [0.3, 0.4) is 0 Å². The predicted molar refractivity (Wildman–Crippen MR) is 76.8 cm³/mol. The summed E-state index contributed by atoms with van der Waals surface area (Å²) in [6.07, 6.45) is 9.73. The van der Waals surface area contributed by atoms with E-state index < -0.39 is 0 Å². The first-order chi connectivity index (χ1) is 9.13. The zero-order valence-electron chi connectivity index (χ0n) is 12.5. The summed E-state index contributed by atoms with van der Waals surface area (Å²) in [5.41, 5.74) is -0.354. The molecular formula is C16H28N2O. The fourth-order valence-corrected chi connectivity index (χ4v) is 3.63. The van der Waals surface area contributed by atoms with E-state index in [0.717, 1.165) is 38.2 Å². The maximum Gasteiger partial charge on any atom is 0.109 e. The molecule has 3 nitrogen and oxygen atoms in total. The van der Waals surface area contributed by atoms with Gasteiger partial charge in [0.05, 0.1) is 12.2 Å². The normalized spacial score (nSPS) is 32.6. The number of nitriles is 1. The minimum Gasteiger partial charge on any atom is -0.378 e. The molecule has 0 bridgehead atoms. The van der Waals surface area contributed by atoms with Crippen molar-refractivity contribution in [2.75, 3.05) is 6.61 Å². The second-order valence-electron chi connectivity index (χ2n) is 6.70. The summed E-state index contributed by atoms with van der Waals surface area (Å²) in [7, 11) is 0. The Balaban J connectivity index is 1.83. The van der Waals surface area contributed by atoms with Gasteiger partial charge in [0.15, 0.2) is 0 Å². The zero-order valence-corrected chi connectivity index (χ0v) is 12.5. The molecule has 2 unspecified atom stereocenters. The molecule has 0 aromatic rings. The van der Waals surface area contributed by atoms with Crippen molar-refractivity contribution in [2.45, 2.75) is 82.9 Å². The molecule has 2 atom stereocenters. The molecule has 2 fully saturated rings. The van der Waals surface area contributed by atoms with Gasteiger partial charge in [0.25, 0.3) is 0 Å². The standard InChI is InChI=1S/C16H28N2O/c1-13(2)18-16(12-17)9-5-8-15(10-16)19-11-14-6-3-4-7-14/h13-15,18H,3-11H2,1-2H3. The smallest absolute Gasteiger partial charge is 0.109 e. The Bertz CT molecular complexity index is 317. The van der Waals surface area contributed by atoms with Crippen LogP contribution < -0.4 is 5.32 Å². The number of hydrogen-bond acceptors (Lipinski definition) is 3. The van der Waals surface area contributed by atoms with Crippen LogP contribution in [0.4, 0.5) is 0 Å². The first kappa shape index (κ1) is 14.8. The van der Waals surface area contributed by atoms with Gasteiger partial charge in [-0.15, -0.1) is 0 Å². The predicted octanol–water partition coefficient (Wildman–Crippen LogP) is 3.40. The van der Waals surface area contributed by atoms with E-state index >= 15 is 0 Å². The van der Waals surface area contributed by atoms with E-state index in [-0.39, 0.29) is 11.6 Å².